The van der Waals surface area contributed by atoms with Crippen LogP contribution in [0.2, 0.25) is 0 Å². The molecule has 170 valence electrons. The minimum atomic E-state index is -1.36. The Morgan fingerprint density at radius 2 is 1.81 bits per heavy atom. The average Bonchev–Trinajstić information content (AvgIpc) is 2.70. The number of rotatable bonds is 5. The zero-order chi connectivity index (χ0) is 23.5. The van der Waals surface area contributed by atoms with Crippen LogP contribution in [-0.4, -0.2) is 50.1 Å². The summed E-state index contributed by atoms with van der Waals surface area (Å²) in [5.74, 6) is 5.22. The van der Waals surface area contributed by atoms with Crippen molar-refractivity contribution in [3.8, 4) is 11.8 Å². The molecule has 1 saturated heterocycles. The normalized spacial score (nSPS) is 20.4. The molecule has 1 aliphatic carbocycles. The third-order valence-electron chi connectivity index (χ3n) is 6.52. The van der Waals surface area contributed by atoms with Crippen LogP contribution >= 0.6 is 0 Å². The summed E-state index contributed by atoms with van der Waals surface area (Å²) < 4.78 is 14.3. The van der Waals surface area contributed by atoms with Gasteiger partial charge in [0.25, 0.3) is 0 Å². The molecule has 2 N–H and O–H groups in total. The van der Waals surface area contributed by atoms with Crippen LogP contribution in [0.25, 0.3) is 0 Å². The Kier molecular flexibility index (Phi) is 7.60. The molecule has 1 spiro atoms. The molecule has 1 saturated carbocycles. The number of piperidine rings is 1. The average molecular weight is 455 g/mol. The van der Waals surface area contributed by atoms with E-state index in [0.29, 0.717) is 38.8 Å². The number of aryl methyl sites for hydroxylation is 2. The number of carbonyl (C=O) groups excluding carboxylic acids is 2. The van der Waals surface area contributed by atoms with Gasteiger partial charge >= 0.3 is 0 Å². The van der Waals surface area contributed by atoms with Gasteiger partial charge in [0, 0.05) is 42.9 Å². The van der Waals surface area contributed by atoms with Crippen LogP contribution in [0.5, 0.6) is 0 Å². The second-order valence-electron chi connectivity index (χ2n) is 8.85. The Morgan fingerprint density at radius 1 is 1.25 bits per heavy atom. The van der Waals surface area contributed by atoms with E-state index in [2.05, 4.69) is 11.8 Å². The lowest BCUT2D eigenvalue weighted by molar-refractivity contribution is -0.138. The number of nitrogens with zero attached hydrogens (tertiary/aromatic N) is 1. The van der Waals surface area contributed by atoms with Crippen molar-refractivity contribution in [2.45, 2.75) is 52.4 Å². The highest BCUT2D eigenvalue weighted by Crippen LogP contribution is 2.47. The fourth-order valence-corrected chi connectivity index (χ4v) is 6.17. The van der Waals surface area contributed by atoms with Gasteiger partial charge in [-0.25, -0.2) is 0 Å². The van der Waals surface area contributed by atoms with E-state index in [1.54, 1.807) is 11.2 Å². The Morgan fingerprint density at radius 3 is 2.31 bits per heavy atom. The summed E-state index contributed by atoms with van der Waals surface area (Å²) in [4.78, 5) is 26.5. The summed E-state index contributed by atoms with van der Waals surface area (Å²) in [5.41, 5.74) is 3.30. The molecule has 2 fully saturated rings. The smallest absolute Gasteiger partial charge is 0.166 e. The minimum absolute atomic E-state index is 0.0220. The van der Waals surface area contributed by atoms with Crippen molar-refractivity contribution in [2.24, 2.45) is 5.41 Å². The van der Waals surface area contributed by atoms with Crippen LogP contribution in [0.1, 0.15) is 60.8 Å². The van der Waals surface area contributed by atoms with E-state index in [-0.39, 0.29) is 28.4 Å². The second kappa shape index (κ2) is 10.0. The first-order valence-electron chi connectivity index (χ1n) is 10.8. The van der Waals surface area contributed by atoms with Gasteiger partial charge in [-0.3, -0.25) is 9.59 Å². The van der Waals surface area contributed by atoms with Gasteiger partial charge in [-0.05, 0) is 73.9 Å². The number of ketones is 2. The Bertz CT molecular complexity index is 969. The molecule has 1 atom stereocenters. The Labute approximate surface area is 192 Å². The number of allylic oxidation sites excluding steroid dienone is 1. The lowest BCUT2D eigenvalue weighted by Gasteiger charge is -2.44. The van der Waals surface area contributed by atoms with Gasteiger partial charge in [0.05, 0.1) is 12.0 Å². The zero-order valence-electron chi connectivity index (χ0n) is 18.9. The Hall–Kier alpha value is -2.40. The topological polar surface area (TPSA) is 105 Å². The number of hydrogen-bond donors (Lipinski definition) is 2. The summed E-state index contributed by atoms with van der Waals surface area (Å²) >= 11 is -1.36. The van der Waals surface area contributed by atoms with Gasteiger partial charge in [-0.2, -0.15) is 0 Å². The van der Waals surface area contributed by atoms with Gasteiger partial charge in [-0.15, -0.1) is 10.2 Å². The molecule has 3 rings (SSSR count). The quantitative estimate of drug-likeness (QED) is 0.233. The summed E-state index contributed by atoms with van der Waals surface area (Å²) in [6, 6.07) is 3.89. The highest BCUT2D eigenvalue weighted by atomic mass is 32.2. The molecular formula is C25H30N2O4S. The van der Waals surface area contributed by atoms with E-state index in [0.717, 1.165) is 28.5 Å². The van der Waals surface area contributed by atoms with Gasteiger partial charge in [0.1, 0.15) is 17.5 Å². The van der Waals surface area contributed by atoms with Gasteiger partial charge in [0.2, 0.25) is 0 Å². The summed E-state index contributed by atoms with van der Waals surface area (Å²) in [6.07, 6.45) is 3.98. The third-order valence-corrected chi connectivity index (χ3v) is 8.02. The molecule has 0 radical (unpaired) electrons. The molecule has 1 heterocycles. The van der Waals surface area contributed by atoms with Gasteiger partial charge in [-0.1, -0.05) is 5.92 Å². The van der Waals surface area contributed by atoms with E-state index < -0.39 is 17.3 Å². The minimum Gasteiger partial charge on any atom is -0.598 e. The molecular weight excluding hydrogens is 424 g/mol. The molecule has 6 nitrogen and oxygen atoms in total. The van der Waals surface area contributed by atoms with E-state index in [9.17, 15) is 14.1 Å². The van der Waals surface area contributed by atoms with Crippen molar-refractivity contribution in [2.75, 3.05) is 18.8 Å². The first kappa shape index (κ1) is 24.2. The molecule has 32 heavy (non-hydrogen) atoms. The molecule has 0 bridgehead atoms. The second-order valence-corrected chi connectivity index (χ2v) is 10.3. The molecule has 7 heteroatoms. The fourth-order valence-electron chi connectivity index (χ4n) is 5.03. The first-order valence-corrected chi connectivity index (χ1v) is 12.1. The van der Waals surface area contributed by atoms with Crippen LogP contribution in [0, 0.1) is 36.5 Å². The first-order chi connectivity index (χ1) is 15.2. The van der Waals surface area contributed by atoms with Crippen LogP contribution < -0.4 is 0 Å². The number of benzene rings is 1. The van der Waals surface area contributed by atoms with Crippen molar-refractivity contribution in [3.63, 3.8) is 0 Å². The highest BCUT2D eigenvalue weighted by molar-refractivity contribution is 7.89. The molecule has 2 aliphatic rings. The van der Waals surface area contributed by atoms with Crippen molar-refractivity contribution < 1.29 is 19.2 Å². The van der Waals surface area contributed by atoms with E-state index in [4.69, 9.17) is 10.5 Å². The number of hydrogen-bond acceptors (Lipinski definition) is 6. The number of carbonyl (C=O) groups is 2. The predicted octanol–water partition coefficient (Wildman–Crippen LogP) is 3.53. The SMILES string of the molecule is CC#Cc1cc(C)c(C2C(=O)CC3(CCN([S+]([O-])CC(=N)/C=C\O)CC3)CC2=O)c(C)c1. The van der Waals surface area contributed by atoms with E-state index in [1.165, 1.54) is 6.08 Å². The van der Waals surface area contributed by atoms with E-state index >= 15 is 0 Å². The number of Topliss-reactive ketones (excluding diaryl/α,β-unsaturated/α-hetero) is 2. The number of aliphatic hydroxyl groups excluding tert-OH is 1. The largest absolute Gasteiger partial charge is 0.598 e. The molecule has 1 unspecified atom stereocenters. The lowest BCUT2D eigenvalue weighted by Crippen LogP contribution is -2.49. The van der Waals surface area contributed by atoms with Crippen molar-refractivity contribution >= 4 is 28.6 Å². The number of aliphatic hydroxyl groups is 1. The highest BCUT2D eigenvalue weighted by Gasteiger charge is 2.48. The molecule has 0 aromatic heterocycles. The maximum absolute atomic E-state index is 13.2. The molecule has 1 aliphatic heterocycles. The van der Waals surface area contributed by atoms with E-state index in [1.807, 2.05) is 26.0 Å². The van der Waals surface area contributed by atoms with Crippen LogP contribution in [0.3, 0.4) is 0 Å². The molecule has 1 aromatic rings. The van der Waals surface area contributed by atoms with Gasteiger partial charge in [0.15, 0.2) is 5.75 Å². The van der Waals surface area contributed by atoms with Gasteiger partial charge < -0.3 is 15.1 Å². The van der Waals surface area contributed by atoms with Crippen molar-refractivity contribution in [1.82, 2.24) is 4.31 Å². The lowest BCUT2D eigenvalue weighted by atomic mass is 9.63. The number of nitrogens with one attached hydrogen (secondary N) is 1. The van der Waals surface area contributed by atoms with Crippen molar-refractivity contribution in [1.29, 1.82) is 5.41 Å². The van der Waals surface area contributed by atoms with Crippen LogP contribution in [0.4, 0.5) is 0 Å². The summed E-state index contributed by atoms with van der Waals surface area (Å²) in [5, 5.41) is 16.4. The Balaban J connectivity index is 1.71. The standard InChI is InChI=1S/C25H30N2O4S/c1-4-5-19-12-17(2)23(18(3)13-19)24-21(29)14-25(15-22(24)30)7-9-27(10-8-25)32(31)16-20(26)6-11-28/h6,11-13,24,26,28H,7-10,14-16H2,1-3H3/b11-6-,26-20?. The van der Waals surface area contributed by atoms with Crippen molar-refractivity contribution in [3.05, 3.63) is 46.7 Å². The molecule has 0 amide bonds. The van der Waals surface area contributed by atoms with Crippen LogP contribution in [0.15, 0.2) is 24.5 Å². The summed E-state index contributed by atoms with van der Waals surface area (Å²) in [7, 11) is 0. The monoisotopic (exact) mass is 454 g/mol. The molecule has 1 aromatic carbocycles. The fraction of sp³-hybridized carbons (Fsp3) is 0.480. The maximum Gasteiger partial charge on any atom is 0.166 e. The zero-order valence-corrected chi connectivity index (χ0v) is 19.7. The maximum atomic E-state index is 13.2. The van der Waals surface area contributed by atoms with Crippen LogP contribution in [-0.2, 0) is 21.0 Å². The predicted molar refractivity (Wildman–Crippen MR) is 126 cm³/mol. The summed E-state index contributed by atoms with van der Waals surface area (Å²) in [6.45, 7) is 6.70. The third kappa shape index (κ3) is 5.15.